The summed E-state index contributed by atoms with van der Waals surface area (Å²) in [6, 6.07) is 5.91. The molecule has 1 heterocycles. The molecule has 2 rings (SSSR count). The summed E-state index contributed by atoms with van der Waals surface area (Å²) in [5.74, 6) is -0.772. The topological polar surface area (TPSA) is 90.0 Å². The van der Waals surface area contributed by atoms with Crippen molar-refractivity contribution >= 4 is 5.91 Å². The predicted molar refractivity (Wildman–Crippen MR) is 90.1 cm³/mol. The maximum absolute atomic E-state index is 13.3. The molecule has 0 radical (unpaired) electrons. The summed E-state index contributed by atoms with van der Waals surface area (Å²) in [6.45, 7) is 3.81. The number of alkyl halides is 3. The molecule has 3 N–H and O–H groups in total. The number of hydrogen-bond donors (Lipinski definition) is 2. The molecule has 0 aliphatic carbocycles. The van der Waals surface area contributed by atoms with Gasteiger partial charge < -0.3 is 11.1 Å². The highest BCUT2D eigenvalue weighted by atomic mass is 19.4. The second-order valence-corrected chi connectivity index (χ2v) is 5.98. The van der Waals surface area contributed by atoms with Crippen molar-refractivity contribution in [3.05, 3.63) is 57.5 Å². The molecule has 26 heavy (non-hydrogen) atoms. The number of nitrogens with one attached hydrogen (secondary N) is 1. The monoisotopic (exact) mass is 368 g/mol. The third-order valence-electron chi connectivity index (χ3n) is 3.77. The van der Waals surface area contributed by atoms with Crippen LogP contribution in [0.2, 0.25) is 0 Å². The highest BCUT2D eigenvalue weighted by Crippen LogP contribution is 2.33. The van der Waals surface area contributed by atoms with Gasteiger partial charge in [-0.3, -0.25) is 9.59 Å². The minimum absolute atomic E-state index is 0.0161. The van der Waals surface area contributed by atoms with Crippen LogP contribution in [0.5, 0.6) is 0 Å². The molecular weight excluding hydrogens is 349 g/mol. The van der Waals surface area contributed by atoms with Gasteiger partial charge in [0.2, 0.25) is 5.43 Å². The van der Waals surface area contributed by atoms with Crippen molar-refractivity contribution in [1.29, 1.82) is 0 Å². The lowest BCUT2D eigenvalue weighted by molar-refractivity contribution is -0.137. The van der Waals surface area contributed by atoms with Crippen molar-refractivity contribution in [2.75, 3.05) is 13.1 Å². The van der Waals surface area contributed by atoms with Crippen LogP contribution in [0, 0.1) is 12.8 Å². The summed E-state index contributed by atoms with van der Waals surface area (Å²) in [5, 5.41) is 6.40. The minimum Gasteiger partial charge on any atom is -0.350 e. The summed E-state index contributed by atoms with van der Waals surface area (Å²) in [6.07, 6.45) is -4.60. The number of hydrogen-bond acceptors (Lipinski definition) is 4. The molecule has 1 aromatic carbocycles. The first-order valence-electron chi connectivity index (χ1n) is 7.91. The van der Waals surface area contributed by atoms with Gasteiger partial charge in [0, 0.05) is 18.3 Å². The lowest BCUT2D eigenvalue weighted by Gasteiger charge is -2.17. The van der Waals surface area contributed by atoms with Crippen molar-refractivity contribution in [3.8, 4) is 5.69 Å². The first-order chi connectivity index (χ1) is 12.1. The molecule has 1 unspecified atom stereocenters. The van der Waals surface area contributed by atoms with E-state index in [0.717, 1.165) is 16.8 Å². The van der Waals surface area contributed by atoms with Crippen LogP contribution < -0.4 is 16.5 Å². The van der Waals surface area contributed by atoms with Gasteiger partial charge in [-0.2, -0.15) is 18.3 Å². The fourth-order valence-electron chi connectivity index (χ4n) is 2.28. The quantitative estimate of drug-likeness (QED) is 0.843. The fraction of sp³-hybridized carbons (Fsp3) is 0.353. The number of carbonyl (C=O) groups is 1. The van der Waals surface area contributed by atoms with E-state index in [-0.39, 0.29) is 23.8 Å². The van der Waals surface area contributed by atoms with Crippen molar-refractivity contribution in [1.82, 2.24) is 15.1 Å². The Morgan fingerprint density at radius 2 is 2.00 bits per heavy atom. The Balaban J connectivity index is 2.50. The SMILES string of the molecule is Cc1cc(=O)c(C(=O)NCC(C)CN)nn1-c1ccccc1C(F)(F)F. The standard InChI is InChI=1S/C17H19F3N4O2/c1-10(8-21)9-22-16(26)15-14(25)7-11(2)24(23-15)13-6-4-3-5-12(13)17(18,19)20/h3-7,10H,8-9,21H2,1-2H3,(H,22,26). The number of para-hydroxylation sites is 1. The lowest BCUT2D eigenvalue weighted by Crippen LogP contribution is -2.36. The zero-order chi connectivity index (χ0) is 19.5. The largest absolute Gasteiger partial charge is 0.418 e. The predicted octanol–water partition coefficient (Wildman–Crippen LogP) is 1.88. The van der Waals surface area contributed by atoms with Crippen molar-refractivity contribution in [3.63, 3.8) is 0 Å². The zero-order valence-electron chi connectivity index (χ0n) is 14.3. The first kappa shape index (κ1) is 19.6. The van der Waals surface area contributed by atoms with Crippen LogP contribution in [0.3, 0.4) is 0 Å². The number of rotatable bonds is 5. The number of benzene rings is 1. The molecule has 0 saturated heterocycles. The van der Waals surface area contributed by atoms with E-state index in [2.05, 4.69) is 10.4 Å². The Morgan fingerprint density at radius 1 is 1.35 bits per heavy atom. The number of aryl methyl sites for hydroxylation is 1. The van der Waals surface area contributed by atoms with Gasteiger partial charge in [0.15, 0.2) is 5.69 Å². The van der Waals surface area contributed by atoms with Crippen LogP contribution in [0.15, 0.2) is 35.1 Å². The van der Waals surface area contributed by atoms with Crippen molar-refractivity contribution < 1.29 is 18.0 Å². The maximum Gasteiger partial charge on any atom is 0.418 e. The van der Waals surface area contributed by atoms with Gasteiger partial charge >= 0.3 is 6.18 Å². The lowest BCUT2D eigenvalue weighted by atomic mass is 10.1. The number of nitrogens with two attached hydrogens (primary N) is 1. The third-order valence-corrected chi connectivity index (χ3v) is 3.77. The number of aromatic nitrogens is 2. The number of nitrogens with zero attached hydrogens (tertiary/aromatic N) is 2. The summed E-state index contributed by atoms with van der Waals surface area (Å²) >= 11 is 0. The Hall–Kier alpha value is -2.68. The van der Waals surface area contributed by atoms with Crippen LogP contribution in [-0.4, -0.2) is 28.8 Å². The van der Waals surface area contributed by atoms with Gasteiger partial charge in [0.05, 0.1) is 11.3 Å². The third kappa shape index (κ3) is 4.29. The average Bonchev–Trinajstić information content (AvgIpc) is 2.58. The van der Waals surface area contributed by atoms with Gasteiger partial charge in [-0.15, -0.1) is 0 Å². The molecule has 1 amide bonds. The molecular formula is C17H19F3N4O2. The molecule has 0 saturated carbocycles. The van der Waals surface area contributed by atoms with Gasteiger partial charge in [0.1, 0.15) is 0 Å². The smallest absolute Gasteiger partial charge is 0.350 e. The molecule has 1 aromatic heterocycles. The van der Waals surface area contributed by atoms with E-state index in [1.807, 2.05) is 0 Å². The molecule has 0 aliphatic heterocycles. The minimum atomic E-state index is -4.60. The van der Waals surface area contributed by atoms with Crippen LogP contribution in [-0.2, 0) is 6.18 Å². The van der Waals surface area contributed by atoms with E-state index in [0.29, 0.717) is 6.54 Å². The molecule has 0 bridgehead atoms. The highest BCUT2D eigenvalue weighted by Gasteiger charge is 2.34. The van der Waals surface area contributed by atoms with Crippen LogP contribution >= 0.6 is 0 Å². The van der Waals surface area contributed by atoms with Gasteiger partial charge in [-0.1, -0.05) is 19.1 Å². The first-order valence-corrected chi connectivity index (χ1v) is 7.91. The van der Waals surface area contributed by atoms with Gasteiger partial charge in [0.25, 0.3) is 5.91 Å². The Morgan fingerprint density at radius 3 is 2.62 bits per heavy atom. The van der Waals surface area contributed by atoms with Crippen LogP contribution in [0.25, 0.3) is 5.69 Å². The fourth-order valence-corrected chi connectivity index (χ4v) is 2.28. The van der Waals surface area contributed by atoms with Crippen LogP contribution in [0.4, 0.5) is 13.2 Å². The second-order valence-electron chi connectivity index (χ2n) is 5.98. The van der Waals surface area contributed by atoms with E-state index in [9.17, 15) is 22.8 Å². The normalized spacial score (nSPS) is 12.7. The highest BCUT2D eigenvalue weighted by molar-refractivity contribution is 5.92. The molecule has 1 atom stereocenters. The van der Waals surface area contributed by atoms with Gasteiger partial charge in [-0.25, -0.2) is 4.68 Å². The average molecular weight is 368 g/mol. The Labute approximate surface area is 147 Å². The molecule has 0 spiro atoms. The van der Waals surface area contributed by atoms with E-state index in [1.54, 1.807) is 6.92 Å². The summed E-state index contributed by atoms with van der Waals surface area (Å²) in [5.41, 5.74) is 3.33. The van der Waals surface area contributed by atoms with E-state index in [4.69, 9.17) is 5.73 Å². The molecule has 140 valence electrons. The van der Waals surface area contributed by atoms with Crippen molar-refractivity contribution in [2.45, 2.75) is 20.0 Å². The van der Waals surface area contributed by atoms with E-state index < -0.39 is 28.8 Å². The Bertz CT molecular complexity index is 862. The van der Waals surface area contributed by atoms with Crippen LogP contribution in [0.1, 0.15) is 28.7 Å². The van der Waals surface area contributed by atoms with E-state index in [1.165, 1.54) is 25.1 Å². The summed E-state index contributed by atoms with van der Waals surface area (Å²) < 4.78 is 40.7. The van der Waals surface area contributed by atoms with Crippen molar-refractivity contribution in [2.24, 2.45) is 11.7 Å². The summed E-state index contributed by atoms with van der Waals surface area (Å²) in [4.78, 5) is 24.3. The maximum atomic E-state index is 13.3. The summed E-state index contributed by atoms with van der Waals surface area (Å²) in [7, 11) is 0. The number of carbonyl (C=O) groups excluding carboxylic acids is 1. The molecule has 2 aromatic rings. The number of amides is 1. The zero-order valence-corrected chi connectivity index (χ0v) is 14.3. The number of halogens is 3. The van der Waals surface area contributed by atoms with Gasteiger partial charge in [-0.05, 0) is 31.5 Å². The Kier molecular flexibility index (Phi) is 5.81. The molecule has 0 fully saturated rings. The van der Waals surface area contributed by atoms with E-state index >= 15 is 0 Å². The second kappa shape index (κ2) is 7.69. The molecule has 6 nitrogen and oxygen atoms in total. The molecule has 0 aliphatic rings. The molecule has 9 heteroatoms.